The van der Waals surface area contributed by atoms with Crippen molar-refractivity contribution in [2.45, 2.75) is 51.4 Å². The molecule has 0 aromatic carbocycles. The second-order valence-corrected chi connectivity index (χ2v) is 5.50. The van der Waals surface area contributed by atoms with Crippen molar-refractivity contribution in [1.82, 2.24) is 10.2 Å². The van der Waals surface area contributed by atoms with Crippen molar-refractivity contribution in [3.63, 3.8) is 0 Å². The molecule has 0 bridgehead atoms. The van der Waals surface area contributed by atoms with Crippen molar-refractivity contribution in [1.29, 1.82) is 0 Å². The quantitative estimate of drug-likeness (QED) is 0.761. The van der Waals surface area contributed by atoms with Gasteiger partial charge in [-0.2, -0.15) is 0 Å². The number of hydrogen-bond donors (Lipinski definition) is 1. The molecule has 0 saturated carbocycles. The Morgan fingerprint density at radius 3 is 2.84 bits per heavy atom. The molecule has 0 radical (unpaired) electrons. The zero-order valence-electron chi connectivity index (χ0n) is 12.1. The van der Waals surface area contributed by atoms with Crippen molar-refractivity contribution >= 4 is 5.91 Å². The molecule has 1 N–H and O–H groups in total. The normalized spacial score (nSPS) is 24.5. The van der Waals surface area contributed by atoms with E-state index >= 15 is 0 Å². The number of rotatable bonds is 5. The fraction of sp³-hybridized carbons (Fsp3) is 0.929. The van der Waals surface area contributed by atoms with Crippen molar-refractivity contribution in [2.75, 3.05) is 32.8 Å². The Morgan fingerprint density at radius 1 is 1.42 bits per heavy atom. The van der Waals surface area contributed by atoms with Crippen molar-refractivity contribution in [2.24, 2.45) is 0 Å². The summed E-state index contributed by atoms with van der Waals surface area (Å²) in [4.78, 5) is 14.3. The molecule has 110 valence electrons. The molecule has 2 aliphatic heterocycles. The SMILES string of the molecule is CCCCNC(=O)C(C)N1CCCC2(C1)OCCO2. The molecule has 0 aliphatic carbocycles. The van der Waals surface area contributed by atoms with Gasteiger partial charge in [-0.3, -0.25) is 9.69 Å². The highest BCUT2D eigenvalue weighted by Crippen LogP contribution is 2.30. The Morgan fingerprint density at radius 2 is 2.16 bits per heavy atom. The Balaban J connectivity index is 1.84. The van der Waals surface area contributed by atoms with Gasteiger partial charge in [0.2, 0.25) is 5.91 Å². The highest BCUT2D eigenvalue weighted by atomic mass is 16.7. The van der Waals surface area contributed by atoms with Gasteiger partial charge in [0.25, 0.3) is 0 Å². The van der Waals surface area contributed by atoms with E-state index in [1.165, 1.54) is 0 Å². The topological polar surface area (TPSA) is 50.8 Å². The number of nitrogens with zero attached hydrogens (tertiary/aromatic N) is 1. The van der Waals surface area contributed by atoms with Crippen LogP contribution in [0.3, 0.4) is 0 Å². The Labute approximate surface area is 115 Å². The van der Waals surface area contributed by atoms with E-state index in [-0.39, 0.29) is 11.9 Å². The van der Waals surface area contributed by atoms with E-state index in [0.29, 0.717) is 19.8 Å². The third-order valence-corrected chi connectivity index (χ3v) is 4.02. The summed E-state index contributed by atoms with van der Waals surface area (Å²) in [6.07, 6.45) is 4.10. The van der Waals surface area contributed by atoms with E-state index in [1.54, 1.807) is 0 Å². The maximum Gasteiger partial charge on any atom is 0.237 e. The molecule has 2 aliphatic rings. The van der Waals surface area contributed by atoms with Crippen LogP contribution in [0.25, 0.3) is 0 Å². The van der Waals surface area contributed by atoms with Crippen molar-refractivity contribution in [3.8, 4) is 0 Å². The molecule has 5 nitrogen and oxygen atoms in total. The van der Waals surface area contributed by atoms with E-state index in [1.807, 2.05) is 6.92 Å². The van der Waals surface area contributed by atoms with E-state index in [2.05, 4.69) is 17.1 Å². The number of carbonyl (C=O) groups is 1. The third kappa shape index (κ3) is 3.68. The van der Waals surface area contributed by atoms with Crippen LogP contribution in [0.4, 0.5) is 0 Å². The number of piperidine rings is 1. The second-order valence-electron chi connectivity index (χ2n) is 5.50. The second kappa shape index (κ2) is 6.68. The zero-order chi connectivity index (χ0) is 13.7. The van der Waals surface area contributed by atoms with E-state index in [4.69, 9.17) is 9.47 Å². The van der Waals surface area contributed by atoms with E-state index < -0.39 is 5.79 Å². The van der Waals surface area contributed by atoms with Crippen LogP contribution >= 0.6 is 0 Å². The molecule has 1 spiro atoms. The van der Waals surface area contributed by atoms with Crippen LogP contribution in [0.15, 0.2) is 0 Å². The summed E-state index contributed by atoms with van der Waals surface area (Å²) in [5.41, 5.74) is 0. The Bertz CT molecular complexity index is 303. The minimum absolute atomic E-state index is 0.109. The number of ether oxygens (including phenoxy) is 2. The number of nitrogens with one attached hydrogen (secondary N) is 1. The predicted molar refractivity (Wildman–Crippen MR) is 72.8 cm³/mol. The highest BCUT2D eigenvalue weighted by Gasteiger charge is 2.42. The van der Waals surface area contributed by atoms with Gasteiger partial charge in [-0.25, -0.2) is 0 Å². The van der Waals surface area contributed by atoms with Gasteiger partial charge in [0.05, 0.1) is 25.8 Å². The summed E-state index contributed by atoms with van der Waals surface area (Å²) in [5, 5.41) is 3.00. The fourth-order valence-corrected chi connectivity index (χ4v) is 2.78. The van der Waals surface area contributed by atoms with Gasteiger partial charge in [0, 0.05) is 13.0 Å². The molecule has 1 unspecified atom stereocenters. The maximum absolute atomic E-state index is 12.1. The van der Waals surface area contributed by atoms with Gasteiger partial charge >= 0.3 is 0 Å². The van der Waals surface area contributed by atoms with Crippen LogP contribution < -0.4 is 5.32 Å². The van der Waals surface area contributed by atoms with Crippen LogP contribution in [0.2, 0.25) is 0 Å². The molecule has 2 saturated heterocycles. The summed E-state index contributed by atoms with van der Waals surface area (Å²) >= 11 is 0. The van der Waals surface area contributed by atoms with Gasteiger partial charge < -0.3 is 14.8 Å². The highest BCUT2D eigenvalue weighted by molar-refractivity contribution is 5.81. The molecule has 5 heteroatoms. The molecule has 2 rings (SSSR count). The van der Waals surface area contributed by atoms with Gasteiger partial charge in [-0.1, -0.05) is 13.3 Å². The number of likely N-dealkylation sites (tertiary alicyclic amines) is 1. The summed E-state index contributed by atoms with van der Waals surface area (Å²) in [6, 6.07) is -0.109. The molecular formula is C14H26N2O3. The lowest BCUT2D eigenvalue weighted by Gasteiger charge is -2.40. The van der Waals surface area contributed by atoms with Crippen LogP contribution in [0, 0.1) is 0 Å². The number of unbranched alkanes of at least 4 members (excludes halogenated alkanes) is 1. The average Bonchev–Trinajstić information content (AvgIpc) is 2.86. The first-order chi connectivity index (χ1) is 9.17. The van der Waals surface area contributed by atoms with Crippen LogP contribution in [0.1, 0.15) is 39.5 Å². The largest absolute Gasteiger partial charge is 0.355 e. The average molecular weight is 270 g/mol. The third-order valence-electron chi connectivity index (χ3n) is 4.02. The van der Waals surface area contributed by atoms with Crippen LogP contribution in [-0.2, 0) is 14.3 Å². The molecular weight excluding hydrogens is 244 g/mol. The molecule has 1 amide bonds. The molecule has 1 atom stereocenters. The number of carbonyl (C=O) groups excluding carboxylic acids is 1. The van der Waals surface area contributed by atoms with Gasteiger partial charge in [-0.15, -0.1) is 0 Å². The number of amides is 1. The summed E-state index contributed by atoms with van der Waals surface area (Å²) in [5.74, 6) is -0.334. The fourth-order valence-electron chi connectivity index (χ4n) is 2.78. The zero-order valence-corrected chi connectivity index (χ0v) is 12.1. The van der Waals surface area contributed by atoms with Crippen molar-refractivity contribution in [3.05, 3.63) is 0 Å². The monoisotopic (exact) mass is 270 g/mol. The molecule has 0 aromatic rings. The number of hydrogen-bond acceptors (Lipinski definition) is 4. The maximum atomic E-state index is 12.1. The first kappa shape index (κ1) is 14.8. The first-order valence-electron chi connectivity index (χ1n) is 7.46. The molecule has 2 fully saturated rings. The lowest BCUT2D eigenvalue weighted by atomic mass is 10.0. The van der Waals surface area contributed by atoms with Gasteiger partial charge in [0.1, 0.15) is 0 Å². The summed E-state index contributed by atoms with van der Waals surface area (Å²) in [7, 11) is 0. The standard InChI is InChI=1S/C14H26N2O3/c1-3-4-7-15-13(17)12(2)16-8-5-6-14(11-16)18-9-10-19-14/h12H,3-11H2,1-2H3,(H,15,17). The van der Waals surface area contributed by atoms with Gasteiger partial charge in [-0.05, 0) is 26.3 Å². The predicted octanol–water partition coefficient (Wildman–Crippen LogP) is 1.13. The Hall–Kier alpha value is -0.650. The Kier molecular flexibility index (Phi) is 5.19. The lowest BCUT2D eigenvalue weighted by Crippen LogP contribution is -2.55. The van der Waals surface area contributed by atoms with E-state index in [9.17, 15) is 4.79 Å². The molecule has 0 aromatic heterocycles. The summed E-state index contributed by atoms with van der Waals surface area (Å²) in [6.45, 7) is 7.85. The molecule has 2 heterocycles. The first-order valence-corrected chi connectivity index (χ1v) is 7.46. The minimum Gasteiger partial charge on any atom is -0.355 e. The lowest BCUT2D eigenvalue weighted by molar-refractivity contribution is -0.193. The van der Waals surface area contributed by atoms with E-state index in [0.717, 1.165) is 38.8 Å². The van der Waals surface area contributed by atoms with Crippen LogP contribution in [0.5, 0.6) is 0 Å². The molecule has 19 heavy (non-hydrogen) atoms. The smallest absolute Gasteiger partial charge is 0.237 e. The summed E-state index contributed by atoms with van der Waals surface area (Å²) < 4.78 is 11.5. The van der Waals surface area contributed by atoms with Crippen molar-refractivity contribution < 1.29 is 14.3 Å². The van der Waals surface area contributed by atoms with Gasteiger partial charge in [0.15, 0.2) is 5.79 Å². The van der Waals surface area contributed by atoms with Crippen LogP contribution in [-0.4, -0.2) is 55.5 Å². The minimum atomic E-state index is -0.448.